The minimum Gasteiger partial charge on any atom is -0.457 e. The molecule has 0 aromatic carbocycles. The van der Waals surface area contributed by atoms with Gasteiger partial charge in [-0.3, -0.25) is 4.79 Å². The van der Waals surface area contributed by atoms with Crippen LogP contribution in [-0.2, 0) is 36.2 Å². The maximum atomic E-state index is 12.2. The van der Waals surface area contributed by atoms with Crippen LogP contribution in [0.25, 0.3) is 0 Å². The molecule has 0 N–H and O–H groups in total. The molecule has 26 heavy (non-hydrogen) atoms. The van der Waals surface area contributed by atoms with Gasteiger partial charge in [-0.2, -0.15) is 0 Å². The second kappa shape index (κ2) is 8.07. The Bertz CT molecular complexity index is 835. The van der Waals surface area contributed by atoms with Crippen molar-refractivity contribution in [2.45, 2.75) is 31.5 Å². The predicted octanol–water partition coefficient (Wildman–Crippen LogP) is 0.635. The summed E-state index contributed by atoms with van der Waals surface area (Å²) in [5.41, 5.74) is 0. The van der Waals surface area contributed by atoms with Crippen molar-refractivity contribution < 1.29 is 30.8 Å². The van der Waals surface area contributed by atoms with Gasteiger partial charge in [0.1, 0.15) is 12.4 Å². The van der Waals surface area contributed by atoms with E-state index in [0.717, 1.165) is 4.31 Å². The Morgan fingerprint density at radius 3 is 2.38 bits per heavy atom. The number of carbonyl (C=O) groups is 1. The molecule has 1 fully saturated rings. The minimum atomic E-state index is -3.67. The Labute approximate surface area is 154 Å². The zero-order valence-corrected chi connectivity index (χ0v) is 16.7. The summed E-state index contributed by atoms with van der Waals surface area (Å²) in [5.74, 6) is -0.548. The zero-order chi connectivity index (χ0) is 19.5. The molecule has 0 bridgehead atoms. The Hall–Kier alpha value is -1.43. The first-order valence-corrected chi connectivity index (χ1v) is 11.3. The zero-order valence-electron chi connectivity index (χ0n) is 15.0. The van der Waals surface area contributed by atoms with Crippen LogP contribution < -0.4 is 0 Å². The second-order valence-electron chi connectivity index (χ2n) is 6.19. The van der Waals surface area contributed by atoms with Crippen molar-refractivity contribution in [1.29, 1.82) is 0 Å². The van der Waals surface area contributed by atoms with Crippen LogP contribution in [0.3, 0.4) is 0 Å². The molecule has 148 valence electrons. The highest BCUT2D eigenvalue weighted by molar-refractivity contribution is 7.89. The Morgan fingerprint density at radius 2 is 1.85 bits per heavy atom. The maximum absolute atomic E-state index is 12.2. The molecule has 11 heteroatoms. The third-order valence-electron chi connectivity index (χ3n) is 4.27. The van der Waals surface area contributed by atoms with Crippen molar-refractivity contribution in [2.75, 3.05) is 32.9 Å². The van der Waals surface area contributed by atoms with Gasteiger partial charge in [-0.15, -0.1) is 0 Å². The van der Waals surface area contributed by atoms with Crippen molar-refractivity contribution in [3.63, 3.8) is 0 Å². The van der Waals surface area contributed by atoms with E-state index in [1.54, 1.807) is 6.92 Å². The number of rotatable bonds is 7. The fraction of sp³-hybridized carbons (Fsp3) is 0.667. The van der Waals surface area contributed by atoms with Crippen molar-refractivity contribution in [3.8, 4) is 0 Å². The molecule has 2 rings (SSSR count). The first kappa shape index (κ1) is 20.9. The van der Waals surface area contributed by atoms with Gasteiger partial charge in [0, 0.05) is 27.2 Å². The average molecular weight is 408 g/mol. The lowest BCUT2D eigenvalue weighted by atomic mass is 9.98. The fourth-order valence-electron chi connectivity index (χ4n) is 2.57. The lowest BCUT2D eigenvalue weighted by molar-refractivity contribution is -0.151. The van der Waals surface area contributed by atoms with E-state index in [1.807, 2.05) is 0 Å². The number of nitrogens with zero attached hydrogens (tertiary/aromatic N) is 2. The molecular formula is C15H24N2O7S2. The molecule has 0 spiro atoms. The molecule has 1 aliphatic heterocycles. The summed E-state index contributed by atoms with van der Waals surface area (Å²) in [5, 5.41) is -0.216. The molecule has 1 aromatic rings. The lowest BCUT2D eigenvalue weighted by Crippen LogP contribution is -2.41. The predicted molar refractivity (Wildman–Crippen MR) is 93.1 cm³/mol. The molecule has 1 saturated heterocycles. The third-order valence-corrected chi connectivity index (χ3v) is 7.84. The Morgan fingerprint density at radius 1 is 1.23 bits per heavy atom. The summed E-state index contributed by atoms with van der Waals surface area (Å²) >= 11 is 0. The Balaban J connectivity index is 1.88. The number of carbonyl (C=O) groups excluding carboxylic acids is 1. The summed E-state index contributed by atoms with van der Waals surface area (Å²) < 4.78 is 60.4. The van der Waals surface area contributed by atoms with Gasteiger partial charge in [0.05, 0.1) is 11.7 Å². The van der Waals surface area contributed by atoms with E-state index in [-0.39, 0.29) is 29.1 Å². The SMILES string of the molecule is CCS(=O)(=O)N1CCC(C(=O)OCc2ccc(S(=O)(=O)N(C)C)o2)CC1. The number of furan rings is 1. The van der Waals surface area contributed by atoms with Crippen molar-refractivity contribution in [1.82, 2.24) is 8.61 Å². The number of sulfonamides is 2. The topological polar surface area (TPSA) is 114 Å². The van der Waals surface area contributed by atoms with Crippen LogP contribution in [0.15, 0.2) is 21.6 Å². The summed E-state index contributed by atoms with van der Waals surface area (Å²) in [7, 11) is -4.13. The standard InChI is InChI=1S/C15H24N2O7S2/c1-4-25(19,20)17-9-7-12(8-10-17)15(18)23-11-13-5-6-14(24-13)26(21,22)16(2)3/h5-6,12H,4,7-11H2,1-3H3. The van der Waals surface area contributed by atoms with Crippen LogP contribution in [0.4, 0.5) is 0 Å². The van der Waals surface area contributed by atoms with Crippen LogP contribution in [-0.4, -0.2) is 64.4 Å². The van der Waals surface area contributed by atoms with E-state index in [4.69, 9.17) is 9.15 Å². The highest BCUT2D eigenvalue weighted by Gasteiger charge is 2.31. The van der Waals surface area contributed by atoms with Gasteiger partial charge in [-0.25, -0.2) is 25.4 Å². The second-order valence-corrected chi connectivity index (χ2v) is 10.5. The van der Waals surface area contributed by atoms with Crippen LogP contribution in [0.2, 0.25) is 0 Å². The van der Waals surface area contributed by atoms with Gasteiger partial charge in [0.2, 0.25) is 15.1 Å². The molecule has 0 radical (unpaired) electrons. The van der Waals surface area contributed by atoms with Gasteiger partial charge in [-0.1, -0.05) is 0 Å². The molecule has 9 nitrogen and oxygen atoms in total. The van der Waals surface area contributed by atoms with Crippen molar-refractivity contribution in [2.24, 2.45) is 5.92 Å². The van der Waals surface area contributed by atoms with Crippen LogP contribution in [0, 0.1) is 5.92 Å². The number of hydrogen-bond acceptors (Lipinski definition) is 7. The molecule has 2 heterocycles. The quantitative estimate of drug-likeness (QED) is 0.608. The average Bonchev–Trinajstić information content (AvgIpc) is 3.09. The van der Waals surface area contributed by atoms with E-state index in [2.05, 4.69) is 0 Å². The highest BCUT2D eigenvalue weighted by atomic mass is 32.2. The molecular weight excluding hydrogens is 384 g/mol. The first-order chi connectivity index (χ1) is 12.1. The fourth-order valence-corrected chi connectivity index (χ4v) is 4.51. The van der Waals surface area contributed by atoms with E-state index < -0.39 is 26.0 Å². The molecule has 0 amide bonds. The number of hydrogen-bond donors (Lipinski definition) is 0. The number of ether oxygens (including phenoxy) is 1. The summed E-state index contributed by atoms with van der Waals surface area (Å²) in [6, 6.07) is 2.76. The van der Waals surface area contributed by atoms with Crippen molar-refractivity contribution in [3.05, 3.63) is 17.9 Å². The molecule has 0 atom stereocenters. The van der Waals surface area contributed by atoms with Gasteiger partial charge >= 0.3 is 5.97 Å². The van der Waals surface area contributed by atoms with Crippen LogP contribution >= 0.6 is 0 Å². The largest absolute Gasteiger partial charge is 0.457 e. The van der Waals surface area contributed by atoms with Gasteiger partial charge < -0.3 is 9.15 Å². The molecule has 0 unspecified atom stereocenters. The highest BCUT2D eigenvalue weighted by Crippen LogP contribution is 2.22. The molecule has 0 aliphatic carbocycles. The summed E-state index contributed by atoms with van der Waals surface area (Å²) in [4.78, 5) is 12.2. The first-order valence-electron chi connectivity index (χ1n) is 8.23. The van der Waals surface area contributed by atoms with Gasteiger partial charge in [-0.05, 0) is 31.9 Å². The normalized spacial score (nSPS) is 17.5. The lowest BCUT2D eigenvalue weighted by Gasteiger charge is -2.29. The number of esters is 1. The third kappa shape index (κ3) is 4.64. The van der Waals surface area contributed by atoms with Crippen LogP contribution in [0.5, 0.6) is 0 Å². The minimum absolute atomic E-state index is 0.0405. The van der Waals surface area contributed by atoms with E-state index in [1.165, 1.54) is 30.5 Å². The van der Waals surface area contributed by atoms with E-state index in [9.17, 15) is 21.6 Å². The molecule has 1 aromatic heterocycles. The Kier molecular flexibility index (Phi) is 6.48. The van der Waals surface area contributed by atoms with E-state index >= 15 is 0 Å². The van der Waals surface area contributed by atoms with Gasteiger partial charge in [0.15, 0.2) is 0 Å². The molecule has 0 saturated carbocycles. The monoisotopic (exact) mass is 408 g/mol. The van der Waals surface area contributed by atoms with Crippen molar-refractivity contribution >= 4 is 26.0 Å². The smallest absolute Gasteiger partial charge is 0.309 e. The maximum Gasteiger partial charge on any atom is 0.309 e. The van der Waals surface area contributed by atoms with Crippen LogP contribution in [0.1, 0.15) is 25.5 Å². The number of piperidine rings is 1. The molecule has 1 aliphatic rings. The summed E-state index contributed by atoms with van der Waals surface area (Å²) in [6.45, 7) is 2.00. The summed E-state index contributed by atoms with van der Waals surface area (Å²) in [6.07, 6.45) is 0.799. The van der Waals surface area contributed by atoms with Gasteiger partial charge in [0.25, 0.3) is 10.0 Å². The van der Waals surface area contributed by atoms with E-state index in [0.29, 0.717) is 25.9 Å².